The number of amides is 1. The van der Waals surface area contributed by atoms with Gasteiger partial charge in [-0.1, -0.05) is 57.9 Å². The monoisotopic (exact) mass is 409 g/mol. The van der Waals surface area contributed by atoms with Crippen molar-refractivity contribution in [2.75, 3.05) is 5.32 Å². The summed E-state index contributed by atoms with van der Waals surface area (Å²) < 4.78 is 2.71. The molecule has 1 heterocycles. The molecule has 1 aromatic heterocycles. The molecule has 1 amide bonds. The first kappa shape index (κ1) is 18.1. The molecule has 0 atom stereocenters. The van der Waals surface area contributed by atoms with Crippen molar-refractivity contribution in [2.24, 2.45) is 7.05 Å². The van der Waals surface area contributed by atoms with Crippen molar-refractivity contribution < 1.29 is 4.79 Å². The van der Waals surface area contributed by atoms with Crippen LogP contribution in [0.25, 0.3) is 17.2 Å². The number of hydrogen-bond acceptors (Lipinski definition) is 2. The first-order valence-electron chi connectivity index (χ1n) is 8.29. The van der Waals surface area contributed by atoms with E-state index in [2.05, 4.69) is 26.3 Å². The van der Waals surface area contributed by atoms with Gasteiger partial charge in [0.15, 0.2) is 0 Å². The SMILES string of the molecule is Cc1ccc(/C=C/C(=O)Nc2c(-c3ccc(Br)cc3)c(C)nn2C)cc1. The number of halogens is 1. The number of anilines is 1. The molecule has 0 saturated carbocycles. The van der Waals surface area contributed by atoms with E-state index in [4.69, 9.17) is 0 Å². The summed E-state index contributed by atoms with van der Waals surface area (Å²) in [7, 11) is 1.83. The number of rotatable bonds is 4. The molecule has 0 aliphatic carbocycles. The molecule has 132 valence electrons. The maximum atomic E-state index is 12.4. The van der Waals surface area contributed by atoms with E-state index in [1.165, 1.54) is 5.56 Å². The fourth-order valence-electron chi connectivity index (χ4n) is 2.77. The molecule has 3 aromatic rings. The highest BCUT2D eigenvalue weighted by Gasteiger charge is 2.16. The smallest absolute Gasteiger partial charge is 0.249 e. The highest BCUT2D eigenvalue weighted by atomic mass is 79.9. The van der Waals surface area contributed by atoms with Gasteiger partial charge in [0.25, 0.3) is 0 Å². The van der Waals surface area contributed by atoms with Crippen molar-refractivity contribution in [2.45, 2.75) is 13.8 Å². The molecule has 1 N–H and O–H groups in total. The van der Waals surface area contributed by atoms with Gasteiger partial charge < -0.3 is 5.32 Å². The average Bonchev–Trinajstić information content (AvgIpc) is 2.89. The minimum Gasteiger partial charge on any atom is -0.307 e. The molecule has 0 aliphatic rings. The van der Waals surface area contributed by atoms with E-state index >= 15 is 0 Å². The lowest BCUT2D eigenvalue weighted by Gasteiger charge is -2.08. The van der Waals surface area contributed by atoms with E-state index in [0.29, 0.717) is 5.82 Å². The predicted octanol–water partition coefficient (Wildman–Crippen LogP) is 5.12. The largest absolute Gasteiger partial charge is 0.307 e. The van der Waals surface area contributed by atoms with Crippen LogP contribution in [0.4, 0.5) is 5.82 Å². The molecule has 0 fully saturated rings. The summed E-state index contributed by atoms with van der Waals surface area (Å²) in [6.07, 6.45) is 3.34. The Balaban J connectivity index is 1.84. The van der Waals surface area contributed by atoms with E-state index < -0.39 is 0 Å². The van der Waals surface area contributed by atoms with Gasteiger partial charge in [-0.05, 0) is 43.2 Å². The Bertz CT molecular complexity index is 954. The zero-order valence-corrected chi connectivity index (χ0v) is 16.5. The van der Waals surface area contributed by atoms with Gasteiger partial charge in [-0.2, -0.15) is 5.10 Å². The van der Waals surface area contributed by atoms with Gasteiger partial charge in [-0.15, -0.1) is 0 Å². The van der Waals surface area contributed by atoms with Crippen LogP contribution >= 0.6 is 15.9 Å². The van der Waals surface area contributed by atoms with E-state index in [1.54, 1.807) is 16.8 Å². The van der Waals surface area contributed by atoms with Crippen molar-refractivity contribution in [3.05, 3.63) is 75.9 Å². The van der Waals surface area contributed by atoms with E-state index in [0.717, 1.165) is 26.9 Å². The van der Waals surface area contributed by atoms with Crippen molar-refractivity contribution in [3.8, 4) is 11.1 Å². The van der Waals surface area contributed by atoms with Crippen LogP contribution in [0.1, 0.15) is 16.8 Å². The Kier molecular flexibility index (Phi) is 5.38. The van der Waals surface area contributed by atoms with Crippen LogP contribution < -0.4 is 5.32 Å². The second-order valence-electron chi connectivity index (χ2n) is 6.17. The third-order valence-corrected chi connectivity index (χ3v) is 4.63. The van der Waals surface area contributed by atoms with Gasteiger partial charge in [0.1, 0.15) is 5.82 Å². The number of carbonyl (C=O) groups is 1. The minimum absolute atomic E-state index is 0.188. The van der Waals surface area contributed by atoms with Crippen molar-refractivity contribution in [1.29, 1.82) is 0 Å². The Labute approximate surface area is 161 Å². The predicted molar refractivity (Wildman–Crippen MR) is 110 cm³/mol. The van der Waals surface area contributed by atoms with Crippen LogP contribution in [-0.2, 0) is 11.8 Å². The summed E-state index contributed by atoms with van der Waals surface area (Å²) in [4.78, 5) is 12.4. The van der Waals surface area contributed by atoms with Crippen LogP contribution in [0.5, 0.6) is 0 Å². The summed E-state index contributed by atoms with van der Waals surface area (Å²) in [5.74, 6) is 0.496. The number of nitrogens with one attached hydrogen (secondary N) is 1. The van der Waals surface area contributed by atoms with Crippen LogP contribution in [0.15, 0.2) is 59.1 Å². The lowest BCUT2D eigenvalue weighted by atomic mass is 10.1. The average molecular weight is 410 g/mol. The summed E-state index contributed by atoms with van der Waals surface area (Å²) in [6.45, 7) is 3.98. The highest BCUT2D eigenvalue weighted by Crippen LogP contribution is 2.31. The zero-order valence-electron chi connectivity index (χ0n) is 15.0. The van der Waals surface area contributed by atoms with Gasteiger partial charge in [0, 0.05) is 23.2 Å². The molecular formula is C21H20BrN3O. The quantitative estimate of drug-likeness (QED) is 0.607. The molecule has 5 heteroatoms. The lowest BCUT2D eigenvalue weighted by molar-refractivity contribution is -0.111. The van der Waals surface area contributed by atoms with Crippen molar-refractivity contribution >= 4 is 33.7 Å². The highest BCUT2D eigenvalue weighted by molar-refractivity contribution is 9.10. The van der Waals surface area contributed by atoms with E-state index in [-0.39, 0.29) is 5.91 Å². The standard InChI is InChI=1S/C21H20BrN3O/c1-14-4-6-16(7-5-14)8-13-19(26)23-21-20(15(2)24-25(21)3)17-9-11-18(22)12-10-17/h4-13H,1-3H3,(H,23,26)/b13-8+. The van der Waals surface area contributed by atoms with Gasteiger partial charge in [-0.25, -0.2) is 0 Å². The maximum Gasteiger partial charge on any atom is 0.249 e. The third-order valence-electron chi connectivity index (χ3n) is 4.10. The molecule has 0 spiro atoms. The maximum absolute atomic E-state index is 12.4. The number of nitrogens with zero attached hydrogens (tertiary/aromatic N) is 2. The Morgan fingerprint density at radius 2 is 1.73 bits per heavy atom. The number of carbonyl (C=O) groups excluding carboxylic acids is 1. The van der Waals surface area contributed by atoms with Gasteiger partial charge in [-0.3, -0.25) is 9.48 Å². The van der Waals surface area contributed by atoms with Crippen molar-refractivity contribution in [1.82, 2.24) is 9.78 Å². The minimum atomic E-state index is -0.188. The normalized spacial score (nSPS) is 11.1. The van der Waals surface area contributed by atoms with Crippen LogP contribution in [0.3, 0.4) is 0 Å². The number of hydrogen-bond donors (Lipinski definition) is 1. The second kappa shape index (κ2) is 7.70. The van der Waals surface area contributed by atoms with Crippen molar-refractivity contribution in [3.63, 3.8) is 0 Å². The summed E-state index contributed by atoms with van der Waals surface area (Å²) >= 11 is 3.45. The number of benzene rings is 2. The molecule has 26 heavy (non-hydrogen) atoms. The molecule has 4 nitrogen and oxygen atoms in total. The summed E-state index contributed by atoms with van der Waals surface area (Å²) in [5.41, 5.74) is 4.98. The zero-order chi connectivity index (χ0) is 18.7. The van der Waals surface area contributed by atoms with Gasteiger partial charge >= 0.3 is 0 Å². The molecule has 2 aromatic carbocycles. The first-order valence-corrected chi connectivity index (χ1v) is 9.08. The van der Waals surface area contributed by atoms with Crippen LogP contribution in [0.2, 0.25) is 0 Å². The molecule has 0 aliphatic heterocycles. The molecular weight excluding hydrogens is 390 g/mol. The van der Waals surface area contributed by atoms with Crippen LogP contribution in [-0.4, -0.2) is 15.7 Å². The van der Waals surface area contributed by atoms with Crippen LogP contribution in [0, 0.1) is 13.8 Å². The Morgan fingerprint density at radius 1 is 1.08 bits per heavy atom. The van der Waals surface area contributed by atoms with E-state index in [1.807, 2.05) is 69.4 Å². The van der Waals surface area contributed by atoms with Gasteiger partial charge in [0.2, 0.25) is 5.91 Å². The topological polar surface area (TPSA) is 46.9 Å². The summed E-state index contributed by atoms with van der Waals surface area (Å²) in [5, 5.41) is 7.41. The lowest BCUT2D eigenvalue weighted by Crippen LogP contribution is -2.12. The fourth-order valence-corrected chi connectivity index (χ4v) is 3.04. The first-order chi connectivity index (χ1) is 12.4. The second-order valence-corrected chi connectivity index (χ2v) is 7.09. The number of aryl methyl sites for hydroxylation is 3. The van der Waals surface area contributed by atoms with E-state index in [9.17, 15) is 4.79 Å². The molecule has 0 saturated heterocycles. The Morgan fingerprint density at radius 3 is 2.38 bits per heavy atom. The Hall–Kier alpha value is -2.66. The molecule has 0 radical (unpaired) electrons. The fraction of sp³-hybridized carbons (Fsp3) is 0.143. The summed E-state index contributed by atoms with van der Waals surface area (Å²) in [6, 6.07) is 16.0. The molecule has 3 rings (SSSR count). The van der Waals surface area contributed by atoms with Gasteiger partial charge in [0.05, 0.1) is 5.69 Å². The molecule has 0 unspecified atom stereocenters. The third kappa shape index (κ3) is 4.11. The molecule has 0 bridgehead atoms. The number of aromatic nitrogens is 2.